The van der Waals surface area contributed by atoms with Crippen LogP contribution in [0.4, 0.5) is 18.3 Å². The summed E-state index contributed by atoms with van der Waals surface area (Å²) >= 11 is 0.762. The van der Waals surface area contributed by atoms with Gasteiger partial charge in [-0.05, 0) is 30.2 Å². The molecule has 28 heavy (non-hydrogen) atoms. The van der Waals surface area contributed by atoms with Crippen LogP contribution in [0.2, 0.25) is 0 Å². The van der Waals surface area contributed by atoms with Gasteiger partial charge in [0.1, 0.15) is 5.52 Å². The van der Waals surface area contributed by atoms with Gasteiger partial charge in [0.25, 0.3) is 5.91 Å². The van der Waals surface area contributed by atoms with Gasteiger partial charge in [-0.25, -0.2) is 22.9 Å². The Bertz CT molecular complexity index is 1100. The van der Waals surface area contributed by atoms with Crippen LogP contribution in [0, 0.1) is 24.4 Å². The summed E-state index contributed by atoms with van der Waals surface area (Å²) in [5.41, 5.74) is 1.41. The number of hydrogen-bond donors (Lipinski definition) is 1. The fourth-order valence-electron chi connectivity index (χ4n) is 2.30. The fourth-order valence-corrected chi connectivity index (χ4v) is 3.20. The van der Waals surface area contributed by atoms with E-state index < -0.39 is 41.5 Å². The van der Waals surface area contributed by atoms with Crippen LogP contribution in [-0.2, 0) is 14.3 Å². The normalized spacial score (nSPS) is 11.1. The Morgan fingerprint density at radius 2 is 1.96 bits per heavy atom. The molecular formula is C19H13F3N2O3S. The molecule has 3 rings (SSSR count). The SMILES string of the molecule is Cc1ccccc1/C=C/C(=O)OCC(=O)Nc1nc2c(F)c(F)c(F)cc2s1. The van der Waals surface area contributed by atoms with Crippen molar-refractivity contribution in [3.05, 3.63) is 65.0 Å². The van der Waals surface area contributed by atoms with Crippen molar-refractivity contribution in [3.63, 3.8) is 0 Å². The maximum Gasteiger partial charge on any atom is 0.331 e. The molecule has 1 amide bonds. The van der Waals surface area contributed by atoms with Gasteiger partial charge in [-0.2, -0.15) is 0 Å². The number of ether oxygens (including phenoxy) is 1. The Labute approximate surface area is 161 Å². The van der Waals surface area contributed by atoms with Crippen molar-refractivity contribution in [1.82, 2.24) is 4.98 Å². The van der Waals surface area contributed by atoms with Crippen LogP contribution in [0.25, 0.3) is 16.3 Å². The summed E-state index contributed by atoms with van der Waals surface area (Å²) in [6.45, 7) is 1.29. The van der Waals surface area contributed by atoms with Crippen molar-refractivity contribution in [3.8, 4) is 0 Å². The van der Waals surface area contributed by atoms with Crippen LogP contribution in [0.3, 0.4) is 0 Å². The number of anilines is 1. The molecule has 5 nitrogen and oxygen atoms in total. The monoisotopic (exact) mass is 406 g/mol. The second-order valence-electron chi connectivity index (χ2n) is 5.70. The van der Waals surface area contributed by atoms with Gasteiger partial charge in [-0.3, -0.25) is 10.1 Å². The van der Waals surface area contributed by atoms with Crippen LogP contribution < -0.4 is 5.32 Å². The number of thiazole rings is 1. The summed E-state index contributed by atoms with van der Waals surface area (Å²) in [6.07, 6.45) is 2.75. The Morgan fingerprint density at radius 3 is 2.71 bits per heavy atom. The van der Waals surface area contributed by atoms with E-state index in [1.54, 1.807) is 6.08 Å². The number of aromatic nitrogens is 1. The third-order valence-electron chi connectivity index (χ3n) is 3.70. The standard InChI is InChI=1S/C19H13F3N2O3S/c1-10-4-2-3-5-11(10)6-7-15(26)27-9-14(25)23-19-24-18-13(28-19)8-12(20)16(21)17(18)22/h2-8H,9H2,1H3,(H,23,24,25)/b7-6+. The van der Waals surface area contributed by atoms with Gasteiger partial charge in [0.2, 0.25) is 0 Å². The zero-order chi connectivity index (χ0) is 20.3. The number of aryl methyl sites for hydroxylation is 1. The summed E-state index contributed by atoms with van der Waals surface area (Å²) < 4.78 is 45.0. The van der Waals surface area contributed by atoms with E-state index in [0.717, 1.165) is 28.5 Å². The molecule has 0 bridgehead atoms. The molecule has 0 saturated heterocycles. The van der Waals surface area contributed by atoms with Crippen LogP contribution in [0.15, 0.2) is 36.4 Å². The molecule has 1 heterocycles. The van der Waals surface area contributed by atoms with Crippen molar-refractivity contribution in [2.45, 2.75) is 6.92 Å². The highest BCUT2D eigenvalue weighted by molar-refractivity contribution is 7.22. The molecule has 3 aromatic rings. The van der Waals surface area contributed by atoms with E-state index in [9.17, 15) is 22.8 Å². The highest BCUT2D eigenvalue weighted by Crippen LogP contribution is 2.30. The highest BCUT2D eigenvalue weighted by Gasteiger charge is 2.18. The van der Waals surface area contributed by atoms with Gasteiger partial charge in [0.15, 0.2) is 29.2 Å². The number of nitrogens with one attached hydrogen (secondary N) is 1. The first-order chi connectivity index (χ1) is 13.3. The minimum Gasteiger partial charge on any atom is -0.452 e. The number of amides is 1. The fraction of sp³-hybridized carbons (Fsp3) is 0.105. The lowest BCUT2D eigenvalue weighted by Gasteiger charge is -2.02. The first-order valence-corrected chi connectivity index (χ1v) is 8.81. The van der Waals surface area contributed by atoms with Crippen LogP contribution in [0.1, 0.15) is 11.1 Å². The second-order valence-corrected chi connectivity index (χ2v) is 6.73. The molecule has 144 valence electrons. The summed E-state index contributed by atoms with van der Waals surface area (Å²) in [7, 11) is 0. The minimum absolute atomic E-state index is 0.0323. The summed E-state index contributed by atoms with van der Waals surface area (Å²) in [5.74, 6) is -5.86. The number of carbonyl (C=O) groups excluding carboxylic acids is 2. The van der Waals surface area contributed by atoms with E-state index >= 15 is 0 Å². The number of hydrogen-bond acceptors (Lipinski definition) is 5. The molecule has 2 aromatic carbocycles. The van der Waals surface area contributed by atoms with Gasteiger partial charge in [0.05, 0.1) is 4.70 Å². The van der Waals surface area contributed by atoms with E-state index in [1.807, 2.05) is 31.2 Å². The number of halogens is 3. The molecule has 1 aromatic heterocycles. The molecular weight excluding hydrogens is 393 g/mol. The maximum atomic E-state index is 13.7. The minimum atomic E-state index is -1.63. The molecule has 9 heteroatoms. The third kappa shape index (κ3) is 4.37. The molecule has 0 fully saturated rings. The quantitative estimate of drug-likeness (QED) is 0.391. The van der Waals surface area contributed by atoms with Gasteiger partial charge in [-0.15, -0.1) is 0 Å². The molecule has 0 saturated carbocycles. The average molecular weight is 406 g/mol. The van der Waals surface area contributed by atoms with Gasteiger partial charge in [-0.1, -0.05) is 35.6 Å². The molecule has 0 aliphatic rings. The van der Waals surface area contributed by atoms with Crippen molar-refractivity contribution >= 4 is 44.6 Å². The number of fused-ring (bicyclic) bond motifs is 1. The Morgan fingerprint density at radius 1 is 1.21 bits per heavy atom. The van der Waals surface area contributed by atoms with E-state index in [0.29, 0.717) is 0 Å². The Kier molecular flexibility index (Phi) is 5.74. The van der Waals surface area contributed by atoms with E-state index in [1.165, 1.54) is 6.08 Å². The summed E-state index contributed by atoms with van der Waals surface area (Å²) in [6, 6.07) is 8.19. The highest BCUT2D eigenvalue weighted by atomic mass is 32.1. The lowest BCUT2D eigenvalue weighted by atomic mass is 10.1. The molecule has 1 N–H and O–H groups in total. The Balaban J connectivity index is 1.58. The third-order valence-corrected chi connectivity index (χ3v) is 4.62. The van der Waals surface area contributed by atoms with Gasteiger partial charge in [0, 0.05) is 6.08 Å². The Hall–Kier alpha value is -3.20. The van der Waals surface area contributed by atoms with Crippen molar-refractivity contribution < 1.29 is 27.5 Å². The van der Waals surface area contributed by atoms with E-state index in [-0.39, 0.29) is 9.83 Å². The summed E-state index contributed by atoms with van der Waals surface area (Å²) in [5, 5.41) is 2.22. The number of esters is 1. The molecule has 0 aliphatic carbocycles. The predicted molar refractivity (Wildman–Crippen MR) is 99.3 cm³/mol. The predicted octanol–water partition coefficient (Wildman–Crippen LogP) is 4.22. The van der Waals surface area contributed by atoms with Crippen LogP contribution in [0.5, 0.6) is 0 Å². The smallest absolute Gasteiger partial charge is 0.331 e. The van der Waals surface area contributed by atoms with Crippen LogP contribution >= 0.6 is 11.3 Å². The first-order valence-electron chi connectivity index (χ1n) is 7.99. The molecule has 0 spiro atoms. The van der Waals surface area contributed by atoms with Gasteiger partial charge >= 0.3 is 5.97 Å². The number of rotatable bonds is 5. The lowest BCUT2D eigenvalue weighted by Crippen LogP contribution is -2.20. The topological polar surface area (TPSA) is 68.3 Å². The molecule has 0 unspecified atom stereocenters. The van der Waals surface area contributed by atoms with Crippen molar-refractivity contribution in [2.24, 2.45) is 0 Å². The van der Waals surface area contributed by atoms with Crippen molar-refractivity contribution in [2.75, 3.05) is 11.9 Å². The zero-order valence-electron chi connectivity index (χ0n) is 14.5. The maximum absolute atomic E-state index is 13.7. The largest absolute Gasteiger partial charge is 0.452 e. The van der Waals surface area contributed by atoms with Crippen molar-refractivity contribution in [1.29, 1.82) is 0 Å². The molecule has 0 atom stereocenters. The number of benzene rings is 2. The summed E-state index contributed by atoms with van der Waals surface area (Å²) in [4.78, 5) is 27.3. The first kappa shape index (κ1) is 19.6. The number of carbonyl (C=O) groups is 2. The lowest BCUT2D eigenvalue weighted by molar-refractivity contribution is -0.142. The molecule has 0 aliphatic heterocycles. The van der Waals surface area contributed by atoms with Gasteiger partial charge < -0.3 is 4.74 Å². The van der Waals surface area contributed by atoms with E-state index in [4.69, 9.17) is 4.74 Å². The molecule has 0 radical (unpaired) electrons. The van der Waals surface area contributed by atoms with Crippen LogP contribution in [-0.4, -0.2) is 23.5 Å². The number of nitrogens with zero attached hydrogens (tertiary/aromatic N) is 1. The second kappa shape index (κ2) is 8.22. The van der Waals surface area contributed by atoms with E-state index in [2.05, 4.69) is 10.3 Å². The zero-order valence-corrected chi connectivity index (χ0v) is 15.3. The average Bonchev–Trinajstić information content (AvgIpc) is 3.06.